The highest BCUT2D eigenvalue weighted by Crippen LogP contribution is 2.29. The molecule has 0 spiro atoms. The van der Waals surface area contributed by atoms with Crippen LogP contribution in [-0.2, 0) is 6.42 Å². The van der Waals surface area contributed by atoms with E-state index in [2.05, 4.69) is 22.0 Å². The summed E-state index contributed by atoms with van der Waals surface area (Å²) < 4.78 is 6.47. The summed E-state index contributed by atoms with van der Waals surface area (Å²) in [4.78, 5) is 0. The summed E-state index contributed by atoms with van der Waals surface area (Å²) in [6.07, 6.45) is 0.797. The van der Waals surface area contributed by atoms with Gasteiger partial charge in [0.15, 0.2) is 0 Å². The van der Waals surface area contributed by atoms with Crippen molar-refractivity contribution in [2.45, 2.75) is 6.42 Å². The van der Waals surface area contributed by atoms with Crippen LogP contribution in [0.5, 0.6) is 5.75 Å². The number of ether oxygens (including phenoxy) is 1. The van der Waals surface area contributed by atoms with Crippen LogP contribution in [0.1, 0.15) is 5.56 Å². The summed E-state index contributed by atoms with van der Waals surface area (Å²) in [6.45, 7) is 0.519. The predicted octanol–water partition coefficient (Wildman–Crippen LogP) is 2.52. The molecule has 1 aliphatic rings. The van der Waals surface area contributed by atoms with Crippen molar-refractivity contribution in [2.24, 2.45) is 5.92 Å². The van der Waals surface area contributed by atoms with Gasteiger partial charge in [-0.25, -0.2) is 0 Å². The highest BCUT2D eigenvalue weighted by Gasteiger charge is 2.18. The van der Waals surface area contributed by atoms with Gasteiger partial charge in [0, 0.05) is 4.47 Å². The Balaban J connectivity index is 2.34. The van der Waals surface area contributed by atoms with Crippen LogP contribution >= 0.6 is 15.9 Å². The second kappa shape index (κ2) is 3.39. The average Bonchev–Trinajstić information content (AvgIpc) is 2.16. The van der Waals surface area contributed by atoms with Crippen LogP contribution < -0.4 is 4.74 Å². The monoisotopic (exact) mass is 237 g/mol. The van der Waals surface area contributed by atoms with Crippen molar-refractivity contribution < 1.29 is 4.74 Å². The standard InChI is InChI=1S/C10H8BrNO/c11-9-1-2-10-8(4-9)3-7(5-12)6-13-10/h1-2,4,7H,3,6H2/t7-/m0/s1. The number of nitriles is 1. The molecule has 0 fully saturated rings. The Hall–Kier alpha value is -1.01. The van der Waals surface area contributed by atoms with Gasteiger partial charge in [0.05, 0.1) is 12.0 Å². The van der Waals surface area contributed by atoms with Crippen LogP contribution in [-0.4, -0.2) is 6.61 Å². The Bertz CT molecular complexity index is 370. The van der Waals surface area contributed by atoms with Crippen molar-refractivity contribution in [2.75, 3.05) is 6.61 Å². The van der Waals surface area contributed by atoms with E-state index in [1.54, 1.807) is 0 Å². The van der Waals surface area contributed by atoms with E-state index in [0.29, 0.717) is 6.61 Å². The first-order chi connectivity index (χ1) is 6.29. The smallest absolute Gasteiger partial charge is 0.122 e. The lowest BCUT2D eigenvalue weighted by molar-refractivity contribution is 0.253. The van der Waals surface area contributed by atoms with Gasteiger partial charge in [-0.15, -0.1) is 0 Å². The first kappa shape index (κ1) is 8.58. The van der Waals surface area contributed by atoms with Gasteiger partial charge in [0.2, 0.25) is 0 Å². The lowest BCUT2D eigenvalue weighted by atomic mass is 9.98. The van der Waals surface area contributed by atoms with Crippen LogP contribution in [0.3, 0.4) is 0 Å². The molecular formula is C10H8BrNO. The molecule has 13 heavy (non-hydrogen) atoms. The first-order valence-corrected chi connectivity index (χ1v) is 4.90. The second-order valence-electron chi connectivity index (χ2n) is 3.09. The van der Waals surface area contributed by atoms with E-state index in [1.165, 1.54) is 0 Å². The quantitative estimate of drug-likeness (QED) is 0.695. The lowest BCUT2D eigenvalue weighted by Crippen LogP contribution is -2.19. The van der Waals surface area contributed by atoms with Crippen LogP contribution in [0.4, 0.5) is 0 Å². The molecule has 0 saturated heterocycles. The fourth-order valence-corrected chi connectivity index (χ4v) is 1.85. The summed E-state index contributed by atoms with van der Waals surface area (Å²) in [7, 11) is 0. The van der Waals surface area contributed by atoms with E-state index in [-0.39, 0.29) is 5.92 Å². The third kappa shape index (κ3) is 1.68. The Morgan fingerprint density at radius 3 is 3.15 bits per heavy atom. The molecule has 1 aromatic rings. The maximum absolute atomic E-state index is 8.74. The van der Waals surface area contributed by atoms with E-state index in [1.807, 2.05) is 18.2 Å². The summed E-state index contributed by atoms with van der Waals surface area (Å²) in [5, 5.41) is 8.74. The molecule has 66 valence electrons. The van der Waals surface area contributed by atoms with Gasteiger partial charge < -0.3 is 4.74 Å². The second-order valence-corrected chi connectivity index (χ2v) is 4.01. The number of hydrogen-bond acceptors (Lipinski definition) is 2. The minimum Gasteiger partial charge on any atom is -0.492 e. The SMILES string of the molecule is N#C[C@H]1COc2ccc(Br)cc2C1. The average molecular weight is 238 g/mol. The fraction of sp³-hybridized carbons (Fsp3) is 0.300. The van der Waals surface area contributed by atoms with E-state index in [0.717, 1.165) is 22.2 Å². The minimum atomic E-state index is 0.00167. The Morgan fingerprint density at radius 2 is 2.38 bits per heavy atom. The molecule has 0 radical (unpaired) electrons. The molecule has 1 heterocycles. The molecule has 0 aromatic heterocycles. The number of rotatable bonds is 0. The zero-order valence-corrected chi connectivity index (χ0v) is 8.54. The molecule has 1 aliphatic heterocycles. The summed E-state index contributed by atoms with van der Waals surface area (Å²) in [5.74, 6) is 0.913. The molecule has 0 amide bonds. The van der Waals surface area contributed by atoms with Gasteiger partial charge in [-0.2, -0.15) is 5.26 Å². The van der Waals surface area contributed by atoms with E-state index >= 15 is 0 Å². The van der Waals surface area contributed by atoms with Crippen molar-refractivity contribution in [1.29, 1.82) is 5.26 Å². The topological polar surface area (TPSA) is 33.0 Å². The number of benzene rings is 1. The molecule has 0 bridgehead atoms. The van der Waals surface area contributed by atoms with Crippen molar-refractivity contribution in [3.63, 3.8) is 0 Å². The van der Waals surface area contributed by atoms with Crippen molar-refractivity contribution >= 4 is 15.9 Å². The Labute approximate surface area is 85.3 Å². The Kier molecular flexibility index (Phi) is 2.24. The van der Waals surface area contributed by atoms with Crippen LogP contribution in [0.25, 0.3) is 0 Å². The van der Waals surface area contributed by atoms with Crippen LogP contribution in [0.15, 0.2) is 22.7 Å². The number of hydrogen-bond donors (Lipinski definition) is 0. The van der Waals surface area contributed by atoms with E-state index in [4.69, 9.17) is 10.00 Å². The van der Waals surface area contributed by atoms with E-state index < -0.39 is 0 Å². The largest absolute Gasteiger partial charge is 0.492 e. The van der Waals surface area contributed by atoms with Crippen LogP contribution in [0, 0.1) is 17.2 Å². The van der Waals surface area contributed by atoms with Crippen molar-refractivity contribution in [3.8, 4) is 11.8 Å². The van der Waals surface area contributed by atoms with Gasteiger partial charge in [0.1, 0.15) is 12.4 Å². The van der Waals surface area contributed by atoms with Gasteiger partial charge >= 0.3 is 0 Å². The highest BCUT2D eigenvalue weighted by atomic mass is 79.9. The molecule has 1 atom stereocenters. The molecule has 0 saturated carbocycles. The summed E-state index contributed by atoms with van der Waals surface area (Å²) in [5.41, 5.74) is 1.12. The third-order valence-corrected chi connectivity index (χ3v) is 2.60. The number of nitrogens with zero attached hydrogens (tertiary/aromatic N) is 1. The van der Waals surface area contributed by atoms with Crippen molar-refractivity contribution in [3.05, 3.63) is 28.2 Å². The summed E-state index contributed by atoms with van der Waals surface area (Å²) >= 11 is 3.39. The van der Waals surface area contributed by atoms with Gasteiger partial charge in [-0.3, -0.25) is 0 Å². The highest BCUT2D eigenvalue weighted by molar-refractivity contribution is 9.10. The molecular weight excluding hydrogens is 230 g/mol. The molecule has 2 nitrogen and oxygen atoms in total. The Morgan fingerprint density at radius 1 is 1.54 bits per heavy atom. The van der Waals surface area contributed by atoms with Gasteiger partial charge in [-0.05, 0) is 30.2 Å². The molecule has 0 aliphatic carbocycles. The first-order valence-electron chi connectivity index (χ1n) is 4.10. The normalized spacial score (nSPS) is 19.8. The molecule has 0 unspecified atom stereocenters. The maximum atomic E-state index is 8.74. The van der Waals surface area contributed by atoms with Gasteiger partial charge in [0.25, 0.3) is 0 Å². The zero-order chi connectivity index (χ0) is 9.26. The molecule has 0 N–H and O–H groups in total. The van der Waals surface area contributed by atoms with Crippen molar-refractivity contribution in [1.82, 2.24) is 0 Å². The third-order valence-electron chi connectivity index (χ3n) is 2.11. The number of fused-ring (bicyclic) bond motifs is 1. The zero-order valence-electron chi connectivity index (χ0n) is 6.96. The summed E-state index contributed by atoms with van der Waals surface area (Å²) in [6, 6.07) is 8.12. The lowest BCUT2D eigenvalue weighted by Gasteiger charge is -2.20. The number of halogens is 1. The fourth-order valence-electron chi connectivity index (χ4n) is 1.45. The molecule has 3 heteroatoms. The predicted molar refractivity (Wildman–Crippen MR) is 52.4 cm³/mol. The van der Waals surface area contributed by atoms with Gasteiger partial charge in [-0.1, -0.05) is 15.9 Å². The maximum Gasteiger partial charge on any atom is 0.122 e. The van der Waals surface area contributed by atoms with Crippen LogP contribution in [0.2, 0.25) is 0 Å². The van der Waals surface area contributed by atoms with E-state index in [9.17, 15) is 0 Å². The molecule has 1 aromatic carbocycles. The minimum absolute atomic E-state index is 0.00167. The molecule has 2 rings (SSSR count).